The number of rotatable bonds is 5. The average Bonchev–Trinajstić information content (AvgIpc) is 1.99. The van der Waals surface area contributed by atoms with E-state index in [2.05, 4.69) is 0 Å². The second-order valence-electron chi connectivity index (χ2n) is 2.91. The zero-order valence-electron chi connectivity index (χ0n) is 7.52. The van der Waals surface area contributed by atoms with Crippen LogP contribution in [0.15, 0.2) is 0 Å². The first-order valence-corrected chi connectivity index (χ1v) is 3.65. The van der Waals surface area contributed by atoms with Crippen molar-refractivity contribution in [2.75, 3.05) is 14.1 Å². The van der Waals surface area contributed by atoms with Gasteiger partial charge in [0.25, 0.3) is 0 Å². The molecule has 0 aliphatic rings. The second-order valence-corrected chi connectivity index (χ2v) is 2.91. The zero-order valence-corrected chi connectivity index (χ0v) is 7.52. The van der Waals surface area contributed by atoms with Crippen molar-refractivity contribution in [1.29, 1.82) is 0 Å². The lowest BCUT2D eigenvalue weighted by Crippen LogP contribution is -2.51. The van der Waals surface area contributed by atoms with E-state index in [0.717, 1.165) is 4.90 Å². The molecule has 6 heteroatoms. The maximum atomic E-state index is 10.6. The summed E-state index contributed by atoms with van der Waals surface area (Å²) in [7, 11) is 2.74. The van der Waals surface area contributed by atoms with E-state index in [-0.39, 0.29) is 12.8 Å². The summed E-state index contributed by atoms with van der Waals surface area (Å²) < 4.78 is 0. The van der Waals surface area contributed by atoms with Crippen LogP contribution in [0.2, 0.25) is 0 Å². The Balaban J connectivity index is 4.43. The van der Waals surface area contributed by atoms with E-state index in [1.807, 2.05) is 0 Å². The van der Waals surface area contributed by atoms with Crippen LogP contribution in [0.3, 0.4) is 0 Å². The fraction of sp³-hybridized carbons (Fsp3) is 0.714. The van der Waals surface area contributed by atoms with Crippen LogP contribution in [0.4, 0.5) is 0 Å². The number of nitrogens with zero attached hydrogens (tertiary/aromatic N) is 1. The third kappa shape index (κ3) is 3.00. The highest BCUT2D eigenvalue weighted by molar-refractivity contribution is 5.77. The summed E-state index contributed by atoms with van der Waals surface area (Å²) in [6, 6.07) is 0. The van der Waals surface area contributed by atoms with Crippen LogP contribution in [-0.4, -0.2) is 52.0 Å². The molecule has 0 amide bonds. The fourth-order valence-electron chi connectivity index (χ4n) is 0.803. The van der Waals surface area contributed by atoms with Crippen molar-refractivity contribution in [3.05, 3.63) is 0 Å². The SMILES string of the molecule is CN(C)C(O)(CCC(=O)O)C(=O)O. The lowest BCUT2D eigenvalue weighted by atomic mass is 10.1. The van der Waals surface area contributed by atoms with Gasteiger partial charge in [-0.3, -0.25) is 9.69 Å². The van der Waals surface area contributed by atoms with E-state index in [0.29, 0.717) is 0 Å². The Morgan fingerprint density at radius 3 is 2.00 bits per heavy atom. The summed E-state index contributed by atoms with van der Waals surface area (Å²) in [5.74, 6) is -2.58. The maximum Gasteiger partial charge on any atom is 0.351 e. The van der Waals surface area contributed by atoms with Gasteiger partial charge in [0, 0.05) is 12.8 Å². The summed E-state index contributed by atoms with van der Waals surface area (Å²) in [6.45, 7) is 0. The number of hydrogen-bond donors (Lipinski definition) is 3. The molecule has 0 rings (SSSR count). The van der Waals surface area contributed by atoms with Crippen molar-refractivity contribution in [1.82, 2.24) is 4.90 Å². The number of aliphatic carboxylic acids is 2. The first-order valence-electron chi connectivity index (χ1n) is 3.65. The molecule has 0 fully saturated rings. The first-order chi connectivity index (χ1) is 5.80. The molecule has 0 saturated carbocycles. The van der Waals surface area contributed by atoms with E-state index in [4.69, 9.17) is 10.2 Å². The van der Waals surface area contributed by atoms with Crippen molar-refractivity contribution in [3.8, 4) is 0 Å². The molecule has 0 saturated heterocycles. The predicted octanol–water partition coefficient (Wildman–Crippen LogP) is -0.814. The molecule has 0 aromatic rings. The molecule has 0 aliphatic carbocycles. The van der Waals surface area contributed by atoms with Crippen LogP contribution in [0.1, 0.15) is 12.8 Å². The molecule has 76 valence electrons. The Hall–Kier alpha value is -1.14. The molecular formula is C7H13NO5. The molecule has 6 nitrogen and oxygen atoms in total. The highest BCUT2D eigenvalue weighted by atomic mass is 16.4. The third-order valence-electron chi connectivity index (χ3n) is 1.77. The minimum absolute atomic E-state index is 0.343. The quantitative estimate of drug-likeness (QED) is 0.491. The summed E-state index contributed by atoms with van der Waals surface area (Å²) >= 11 is 0. The molecule has 0 heterocycles. The van der Waals surface area contributed by atoms with Gasteiger partial charge < -0.3 is 15.3 Å². The molecule has 0 spiro atoms. The van der Waals surface area contributed by atoms with Crippen LogP contribution in [-0.2, 0) is 9.59 Å². The van der Waals surface area contributed by atoms with Gasteiger partial charge in [-0.25, -0.2) is 4.79 Å². The van der Waals surface area contributed by atoms with Crippen molar-refractivity contribution >= 4 is 11.9 Å². The number of likely N-dealkylation sites (N-methyl/N-ethyl adjacent to an activating group) is 1. The monoisotopic (exact) mass is 191 g/mol. The van der Waals surface area contributed by atoms with Crippen LogP contribution in [0.5, 0.6) is 0 Å². The minimum Gasteiger partial charge on any atom is -0.481 e. The molecule has 1 atom stereocenters. The highest BCUT2D eigenvalue weighted by Crippen LogP contribution is 2.15. The molecule has 13 heavy (non-hydrogen) atoms. The molecule has 0 aliphatic heterocycles. The Kier molecular flexibility index (Phi) is 3.83. The molecule has 0 aromatic carbocycles. The number of hydrogen-bond acceptors (Lipinski definition) is 4. The van der Waals surface area contributed by atoms with Gasteiger partial charge in [-0.15, -0.1) is 0 Å². The molecule has 0 radical (unpaired) electrons. The molecule has 0 aromatic heterocycles. The van der Waals surface area contributed by atoms with Crippen LogP contribution in [0.25, 0.3) is 0 Å². The van der Waals surface area contributed by atoms with Crippen molar-refractivity contribution in [2.24, 2.45) is 0 Å². The average molecular weight is 191 g/mol. The zero-order chi connectivity index (χ0) is 10.6. The van der Waals surface area contributed by atoms with Crippen LogP contribution in [0, 0.1) is 0 Å². The van der Waals surface area contributed by atoms with Gasteiger partial charge in [0.15, 0.2) is 0 Å². The normalized spacial score (nSPS) is 15.4. The Bertz CT molecular complexity index is 215. The minimum atomic E-state index is -2.10. The van der Waals surface area contributed by atoms with Gasteiger partial charge >= 0.3 is 11.9 Å². The summed E-state index contributed by atoms with van der Waals surface area (Å²) in [4.78, 5) is 21.8. The summed E-state index contributed by atoms with van der Waals surface area (Å²) in [5.41, 5.74) is -2.10. The first kappa shape index (κ1) is 11.9. The second kappa shape index (κ2) is 4.20. The van der Waals surface area contributed by atoms with Crippen molar-refractivity contribution in [3.63, 3.8) is 0 Å². The van der Waals surface area contributed by atoms with Crippen LogP contribution >= 0.6 is 0 Å². The highest BCUT2D eigenvalue weighted by Gasteiger charge is 2.38. The number of carbonyl (C=O) groups is 2. The van der Waals surface area contributed by atoms with Gasteiger partial charge in [-0.2, -0.15) is 0 Å². The van der Waals surface area contributed by atoms with Gasteiger partial charge in [-0.05, 0) is 14.1 Å². The van der Waals surface area contributed by atoms with E-state index in [1.165, 1.54) is 14.1 Å². The smallest absolute Gasteiger partial charge is 0.351 e. The lowest BCUT2D eigenvalue weighted by Gasteiger charge is -2.29. The van der Waals surface area contributed by atoms with E-state index >= 15 is 0 Å². The number of carboxylic acid groups (broad SMARTS) is 2. The Labute approximate surface area is 75.4 Å². The lowest BCUT2D eigenvalue weighted by molar-refractivity contribution is -0.179. The predicted molar refractivity (Wildman–Crippen MR) is 43.1 cm³/mol. The number of aliphatic hydroxyl groups is 1. The third-order valence-corrected chi connectivity index (χ3v) is 1.77. The van der Waals surface area contributed by atoms with Crippen LogP contribution < -0.4 is 0 Å². The van der Waals surface area contributed by atoms with Gasteiger partial charge in [0.05, 0.1) is 0 Å². The van der Waals surface area contributed by atoms with Gasteiger partial charge in [-0.1, -0.05) is 0 Å². The summed E-state index contributed by atoms with van der Waals surface area (Å²) in [6.07, 6.45) is -0.731. The Morgan fingerprint density at radius 2 is 1.77 bits per heavy atom. The van der Waals surface area contributed by atoms with Gasteiger partial charge in [0.1, 0.15) is 0 Å². The topological polar surface area (TPSA) is 98.1 Å². The van der Waals surface area contributed by atoms with Crippen molar-refractivity contribution < 1.29 is 24.9 Å². The molecular weight excluding hydrogens is 178 g/mol. The Morgan fingerprint density at radius 1 is 1.31 bits per heavy atom. The summed E-state index contributed by atoms with van der Waals surface area (Å²) in [5, 5.41) is 26.4. The van der Waals surface area contributed by atoms with E-state index < -0.39 is 17.7 Å². The van der Waals surface area contributed by atoms with E-state index in [1.54, 1.807) is 0 Å². The fourth-order valence-corrected chi connectivity index (χ4v) is 0.803. The standard InChI is InChI=1S/C7H13NO5/c1-8(2)7(13,6(11)12)4-3-5(9)10/h13H,3-4H2,1-2H3,(H,9,10)(H,11,12). The number of carboxylic acids is 2. The largest absolute Gasteiger partial charge is 0.481 e. The molecule has 0 bridgehead atoms. The molecule has 3 N–H and O–H groups in total. The van der Waals surface area contributed by atoms with E-state index in [9.17, 15) is 14.7 Å². The maximum absolute atomic E-state index is 10.6. The van der Waals surface area contributed by atoms with Crippen molar-refractivity contribution in [2.45, 2.75) is 18.6 Å². The van der Waals surface area contributed by atoms with Gasteiger partial charge in [0.2, 0.25) is 5.72 Å². The molecule has 1 unspecified atom stereocenters.